The summed E-state index contributed by atoms with van der Waals surface area (Å²) in [5, 5.41) is 0. The van der Waals surface area contributed by atoms with Crippen molar-refractivity contribution in [1.82, 2.24) is 0 Å². The number of esters is 1. The van der Waals surface area contributed by atoms with Gasteiger partial charge in [-0.25, -0.2) is 0 Å². The summed E-state index contributed by atoms with van der Waals surface area (Å²) in [6.45, 7) is 3.62. The normalized spacial score (nSPS) is 19.5. The molecule has 0 radical (unpaired) electrons. The number of hydrogen-bond donors (Lipinski definition) is 0. The van der Waals surface area contributed by atoms with E-state index in [2.05, 4.69) is 0 Å². The third-order valence-corrected chi connectivity index (χ3v) is 7.65. The molecule has 0 atom stereocenters. The van der Waals surface area contributed by atoms with Gasteiger partial charge in [0.2, 0.25) is 0 Å². The summed E-state index contributed by atoms with van der Waals surface area (Å²) in [7, 11) is 3.88. The molecule has 0 fully saturated rings. The summed E-state index contributed by atoms with van der Waals surface area (Å²) in [5.74, 6) is -0.234. The third-order valence-electron chi connectivity index (χ3n) is 4.16. The standard InChI is InChI=1S/C17H27N2O6P/c1-8-24-17(20)16-13(2)25-26(21-5,22-6,23-7)19(16)15-11-9-14(10-12-15)18(3)4/h9-12H,8H2,1-7H3. The van der Waals surface area contributed by atoms with E-state index in [1.807, 2.05) is 43.3 Å². The van der Waals surface area contributed by atoms with Crippen LogP contribution in [0.2, 0.25) is 0 Å². The Kier molecular flexibility index (Phi) is 5.82. The van der Waals surface area contributed by atoms with Crippen LogP contribution in [0.4, 0.5) is 11.4 Å². The minimum atomic E-state index is -4.29. The number of carbonyl (C=O) groups excluding carboxylic acids is 1. The molecule has 26 heavy (non-hydrogen) atoms. The molecular weight excluding hydrogens is 359 g/mol. The molecule has 0 amide bonds. The van der Waals surface area contributed by atoms with Crippen LogP contribution in [0.5, 0.6) is 0 Å². The molecule has 1 aromatic carbocycles. The van der Waals surface area contributed by atoms with E-state index in [0.29, 0.717) is 11.4 Å². The van der Waals surface area contributed by atoms with Gasteiger partial charge in [0.1, 0.15) is 0 Å². The molecule has 0 bridgehead atoms. The van der Waals surface area contributed by atoms with Gasteiger partial charge in [0, 0.05) is 0 Å². The van der Waals surface area contributed by atoms with Gasteiger partial charge >= 0.3 is 154 Å². The van der Waals surface area contributed by atoms with Gasteiger partial charge < -0.3 is 0 Å². The second kappa shape index (κ2) is 7.40. The van der Waals surface area contributed by atoms with Crippen LogP contribution in [0.1, 0.15) is 13.8 Å². The number of allylic oxidation sites excluding steroid dienone is 1. The Bertz CT molecular complexity index is 689. The Morgan fingerprint density at radius 2 is 1.65 bits per heavy atom. The van der Waals surface area contributed by atoms with E-state index in [4.69, 9.17) is 22.8 Å². The van der Waals surface area contributed by atoms with Crippen LogP contribution in [0.15, 0.2) is 35.7 Å². The summed E-state index contributed by atoms with van der Waals surface area (Å²) >= 11 is 0. The van der Waals surface area contributed by atoms with Crippen molar-refractivity contribution in [2.24, 2.45) is 0 Å². The molecule has 2 rings (SSSR count). The molecule has 0 aliphatic carbocycles. The number of nitrogens with zero attached hydrogens (tertiary/aromatic N) is 2. The van der Waals surface area contributed by atoms with E-state index < -0.39 is 13.6 Å². The molecule has 146 valence electrons. The van der Waals surface area contributed by atoms with Gasteiger partial charge in [0.05, 0.1) is 0 Å². The predicted molar refractivity (Wildman–Crippen MR) is 102 cm³/mol. The summed E-state index contributed by atoms with van der Waals surface area (Å²) in [6.07, 6.45) is 0. The van der Waals surface area contributed by atoms with Crippen molar-refractivity contribution in [1.29, 1.82) is 0 Å². The van der Waals surface area contributed by atoms with Crippen LogP contribution in [0, 0.1) is 0 Å². The van der Waals surface area contributed by atoms with Crippen molar-refractivity contribution in [2.45, 2.75) is 13.8 Å². The predicted octanol–water partition coefficient (Wildman–Crippen LogP) is 3.45. The Balaban J connectivity index is 2.66. The first-order chi connectivity index (χ1) is 12.3. The van der Waals surface area contributed by atoms with E-state index >= 15 is 0 Å². The molecule has 9 heteroatoms. The second-order valence-corrected chi connectivity index (χ2v) is 8.99. The van der Waals surface area contributed by atoms with Gasteiger partial charge in [-0.2, -0.15) is 0 Å². The number of rotatable bonds is 7. The number of benzene rings is 1. The Hall–Kier alpha value is -1.86. The first-order valence-electron chi connectivity index (χ1n) is 8.15. The van der Waals surface area contributed by atoms with Gasteiger partial charge in [-0.3, -0.25) is 0 Å². The van der Waals surface area contributed by atoms with Crippen molar-refractivity contribution in [3.63, 3.8) is 0 Å². The van der Waals surface area contributed by atoms with Crippen molar-refractivity contribution in [3.8, 4) is 0 Å². The number of carbonyl (C=O) groups is 1. The molecule has 0 saturated carbocycles. The zero-order valence-electron chi connectivity index (χ0n) is 16.3. The van der Waals surface area contributed by atoms with Crippen LogP contribution in [0.25, 0.3) is 0 Å². The summed E-state index contributed by atoms with van der Waals surface area (Å²) in [5.41, 5.74) is 1.81. The number of anilines is 2. The summed E-state index contributed by atoms with van der Waals surface area (Å²) in [6, 6.07) is 7.51. The van der Waals surface area contributed by atoms with E-state index in [1.165, 1.54) is 21.3 Å². The van der Waals surface area contributed by atoms with Gasteiger partial charge in [-0.1, -0.05) is 0 Å². The molecule has 1 aliphatic heterocycles. The van der Waals surface area contributed by atoms with Gasteiger partial charge in [-0.05, 0) is 0 Å². The molecule has 1 heterocycles. The van der Waals surface area contributed by atoms with Crippen molar-refractivity contribution >= 4 is 25.0 Å². The number of hydrogen-bond acceptors (Lipinski definition) is 8. The molecule has 0 unspecified atom stereocenters. The molecule has 1 aromatic rings. The SMILES string of the molecule is CCOC(=O)C1=C(C)OP(OC)(OC)(OC)N1c1ccc(N(C)C)cc1. The molecule has 0 N–H and O–H groups in total. The molecule has 0 saturated heterocycles. The van der Waals surface area contributed by atoms with Crippen molar-refractivity contribution < 1.29 is 27.6 Å². The molecule has 0 aromatic heterocycles. The molecule has 0 spiro atoms. The van der Waals surface area contributed by atoms with Crippen molar-refractivity contribution in [2.75, 3.05) is 51.6 Å². The Labute approximate surface area is 154 Å². The average molecular weight is 386 g/mol. The van der Waals surface area contributed by atoms with Gasteiger partial charge in [0.15, 0.2) is 0 Å². The van der Waals surface area contributed by atoms with Gasteiger partial charge in [0.25, 0.3) is 0 Å². The van der Waals surface area contributed by atoms with E-state index in [0.717, 1.165) is 5.69 Å². The summed E-state index contributed by atoms with van der Waals surface area (Å²) in [4.78, 5) is 14.6. The summed E-state index contributed by atoms with van der Waals surface area (Å²) < 4.78 is 29.8. The topological polar surface area (TPSA) is 69.7 Å². The van der Waals surface area contributed by atoms with E-state index in [-0.39, 0.29) is 12.3 Å². The monoisotopic (exact) mass is 386 g/mol. The van der Waals surface area contributed by atoms with Gasteiger partial charge in [-0.15, -0.1) is 0 Å². The third kappa shape index (κ3) is 3.03. The molecule has 8 nitrogen and oxygen atoms in total. The van der Waals surface area contributed by atoms with Crippen LogP contribution < -0.4 is 9.57 Å². The van der Waals surface area contributed by atoms with Crippen molar-refractivity contribution in [3.05, 3.63) is 35.7 Å². The number of ether oxygens (including phenoxy) is 1. The van der Waals surface area contributed by atoms with Crippen LogP contribution in [0.3, 0.4) is 0 Å². The Morgan fingerprint density at radius 3 is 2.08 bits per heavy atom. The first-order valence-corrected chi connectivity index (χ1v) is 10.0. The second-order valence-electron chi connectivity index (χ2n) is 5.76. The fraction of sp³-hybridized carbons (Fsp3) is 0.471. The fourth-order valence-corrected chi connectivity index (χ4v) is 5.69. The molecule has 1 aliphatic rings. The zero-order valence-corrected chi connectivity index (χ0v) is 17.2. The zero-order chi connectivity index (χ0) is 19.6. The maximum atomic E-state index is 12.6. The average Bonchev–Trinajstić information content (AvgIpc) is 2.92. The first kappa shape index (κ1) is 20.5. The van der Waals surface area contributed by atoms with E-state index in [9.17, 15) is 4.79 Å². The van der Waals surface area contributed by atoms with Crippen LogP contribution >= 0.6 is 7.66 Å². The quantitative estimate of drug-likeness (QED) is 0.521. The molecular formula is C17H27N2O6P. The van der Waals surface area contributed by atoms with Crippen LogP contribution in [-0.2, 0) is 27.6 Å². The fourth-order valence-electron chi connectivity index (χ4n) is 2.85. The minimum absolute atomic E-state index is 0.188. The van der Waals surface area contributed by atoms with E-state index in [1.54, 1.807) is 18.5 Å². The maximum absolute atomic E-state index is 12.6. The van der Waals surface area contributed by atoms with Crippen LogP contribution in [-0.4, -0.2) is 48.0 Å². The Morgan fingerprint density at radius 1 is 1.12 bits per heavy atom.